The van der Waals surface area contributed by atoms with Crippen molar-refractivity contribution in [3.8, 4) is 0 Å². The molecule has 1 N–H and O–H groups in total. The first-order valence-electron chi connectivity index (χ1n) is 15.5. The van der Waals surface area contributed by atoms with Crippen molar-refractivity contribution in [1.29, 1.82) is 0 Å². The van der Waals surface area contributed by atoms with Gasteiger partial charge in [0, 0.05) is 25.3 Å². The summed E-state index contributed by atoms with van der Waals surface area (Å²) in [6.07, 6.45) is 3.82. The summed E-state index contributed by atoms with van der Waals surface area (Å²) in [5, 5.41) is 10.3. The second-order valence-corrected chi connectivity index (χ2v) is 13.0. The quantitative estimate of drug-likeness (QED) is 0.386. The van der Waals surface area contributed by atoms with Gasteiger partial charge in [0.15, 0.2) is 0 Å². The molecule has 0 radical (unpaired) electrons. The Morgan fingerprint density at radius 2 is 1.70 bits per heavy atom. The predicted octanol–water partition coefficient (Wildman–Crippen LogP) is 4.43. The van der Waals surface area contributed by atoms with Crippen LogP contribution in [0.5, 0.6) is 0 Å². The summed E-state index contributed by atoms with van der Waals surface area (Å²) in [5.41, 5.74) is 1.39. The number of benzene rings is 2. The van der Waals surface area contributed by atoms with Crippen LogP contribution in [-0.4, -0.2) is 75.6 Å². The Morgan fingerprint density at radius 3 is 2.30 bits per heavy atom. The number of rotatable bonds is 11. The molecule has 234 valence electrons. The first-order chi connectivity index (χ1) is 21.0. The number of carbonyl (C=O) groups excluding carboxylic acids is 3. The summed E-state index contributed by atoms with van der Waals surface area (Å²) < 4.78 is 6.96. The average Bonchev–Trinajstić information content (AvgIpc) is 3.52. The highest BCUT2D eigenvalue weighted by molar-refractivity contribution is 6.06. The van der Waals surface area contributed by atoms with Gasteiger partial charge < -0.3 is 24.5 Å². The zero-order valence-corrected chi connectivity index (χ0v) is 26.5. The number of hydrogen-bond donors (Lipinski definition) is 1. The van der Waals surface area contributed by atoms with Gasteiger partial charge in [-0.15, -0.1) is 13.2 Å². The topological polar surface area (TPSA) is 90.4 Å². The van der Waals surface area contributed by atoms with Crippen molar-refractivity contribution in [2.45, 2.75) is 70.9 Å². The monoisotopic (exact) mass is 599 g/mol. The third-order valence-electron chi connectivity index (χ3n) is 10.2. The van der Waals surface area contributed by atoms with Crippen molar-refractivity contribution < 1.29 is 24.2 Å². The minimum Gasteiger partial charge on any atom is -0.394 e. The molecule has 3 aliphatic rings. The molecule has 44 heavy (non-hydrogen) atoms. The van der Waals surface area contributed by atoms with Gasteiger partial charge in [0.1, 0.15) is 11.6 Å². The molecule has 1 spiro atoms. The molecule has 8 heteroatoms. The van der Waals surface area contributed by atoms with Crippen molar-refractivity contribution in [3.05, 3.63) is 90.5 Å². The molecule has 2 aromatic rings. The molecular weight excluding hydrogens is 554 g/mol. The Hall–Kier alpha value is -3.75. The van der Waals surface area contributed by atoms with Crippen LogP contribution < -0.4 is 4.90 Å². The minimum atomic E-state index is -1.23. The van der Waals surface area contributed by atoms with Crippen LogP contribution in [0.1, 0.15) is 43.9 Å². The number of amides is 3. The van der Waals surface area contributed by atoms with Crippen LogP contribution in [0.2, 0.25) is 0 Å². The first kappa shape index (κ1) is 31.7. The molecule has 3 amide bonds. The van der Waals surface area contributed by atoms with Crippen LogP contribution in [0.25, 0.3) is 0 Å². The highest BCUT2D eigenvalue weighted by atomic mass is 16.5. The second-order valence-electron chi connectivity index (χ2n) is 13.0. The number of para-hydroxylation sites is 1. The van der Waals surface area contributed by atoms with Gasteiger partial charge in [0.25, 0.3) is 5.91 Å². The second kappa shape index (κ2) is 12.0. The van der Waals surface area contributed by atoms with Gasteiger partial charge in [-0.25, -0.2) is 0 Å². The minimum absolute atomic E-state index is 0.101. The molecule has 2 aromatic carbocycles. The van der Waals surface area contributed by atoms with E-state index < -0.39 is 35.1 Å². The Balaban J connectivity index is 1.62. The molecule has 8 nitrogen and oxygen atoms in total. The molecule has 5 rings (SSSR count). The van der Waals surface area contributed by atoms with Gasteiger partial charge in [0.2, 0.25) is 11.8 Å². The van der Waals surface area contributed by atoms with E-state index in [2.05, 4.69) is 13.2 Å². The molecule has 7 atom stereocenters. The Bertz CT molecular complexity index is 1440. The lowest BCUT2D eigenvalue weighted by Crippen LogP contribution is -2.59. The standard InChI is InChI=1S/C36H45N3O5/c1-8-18-37(21-27-16-11-10-12-17-27)32(41)28-29-33(42)39(26(6)22-40)31(36(29)20-25(5)35(28,7)44-36)34(43)38(19-9-2)30-23(3)14-13-15-24(30)4/h8-17,25-26,28-29,31,40H,1-2,18-22H2,3-7H3/t25?,26-,28+,29+,31?,35-,36?/m1/s1. The molecule has 3 fully saturated rings. The van der Waals surface area contributed by atoms with Gasteiger partial charge in [-0.2, -0.15) is 0 Å². The molecule has 0 saturated carbocycles. The lowest BCUT2D eigenvalue weighted by Gasteiger charge is -2.39. The van der Waals surface area contributed by atoms with E-state index in [0.717, 1.165) is 22.4 Å². The Labute approximate surface area is 261 Å². The summed E-state index contributed by atoms with van der Waals surface area (Å²) in [4.78, 5) is 49.0. The Kier molecular flexibility index (Phi) is 8.62. The smallest absolute Gasteiger partial charge is 0.253 e. The number of anilines is 1. The molecule has 3 aliphatic heterocycles. The average molecular weight is 600 g/mol. The van der Waals surface area contributed by atoms with E-state index in [-0.39, 0.29) is 36.8 Å². The summed E-state index contributed by atoms with van der Waals surface area (Å²) in [6.45, 7) is 18.0. The van der Waals surface area contributed by atoms with E-state index in [9.17, 15) is 19.5 Å². The third kappa shape index (κ3) is 4.79. The van der Waals surface area contributed by atoms with Gasteiger partial charge in [0.05, 0.1) is 30.1 Å². The predicted molar refractivity (Wildman–Crippen MR) is 171 cm³/mol. The summed E-state index contributed by atoms with van der Waals surface area (Å²) in [7, 11) is 0. The van der Waals surface area contributed by atoms with Crippen molar-refractivity contribution in [2.75, 3.05) is 24.6 Å². The summed E-state index contributed by atoms with van der Waals surface area (Å²) in [5.74, 6) is -2.58. The van der Waals surface area contributed by atoms with E-state index in [0.29, 0.717) is 19.5 Å². The number of carbonyl (C=O) groups is 3. The first-order valence-corrected chi connectivity index (χ1v) is 15.5. The fourth-order valence-corrected chi connectivity index (χ4v) is 8.08. The normalized spacial score (nSPS) is 29.3. The zero-order valence-electron chi connectivity index (χ0n) is 26.5. The number of ether oxygens (including phenoxy) is 1. The highest BCUT2D eigenvalue weighted by Gasteiger charge is 2.80. The van der Waals surface area contributed by atoms with Crippen LogP contribution in [0.4, 0.5) is 5.69 Å². The molecule has 3 heterocycles. The SMILES string of the molecule is C=CCN(Cc1ccccc1)C(=O)[C@@H]1[C@H]2C(=O)N([C@H](C)CO)C(C(=O)N(CC=C)c3c(C)cccc3C)C23CC(C)[C@@]1(C)O3. The fraction of sp³-hybridized carbons (Fsp3) is 0.472. The van der Waals surface area contributed by atoms with Gasteiger partial charge in [-0.3, -0.25) is 14.4 Å². The maximum absolute atomic E-state index is 14.9. The maximum atomic E-state index is 14.9. The summed E-state index contributed by atoms with van der Waals surface area (Å²) in [6, 6.07) is 13.9. The number of aryl methyl sites for hydroxylation is 2. The van der Waals surface area contributed by atoms with Crippen molar-refractivity contribution in [1.82, 2.24) is 9.80 Å². The van der Waals surface area contributed by atoms with Crippen molar-refractivity contribution in [3.63, 3.8) is 0 Å². The van der Waals surface area contributed by atoms with Crippen LogP contribution in [0.3, 0.4) is 0 Å². The van der Waals surface area contributed by atoms with Crippen molar-refractivity contribution >= 4 is 23.4 Å². The van der Waals surface area contributed by atoms with Gasteiger partial charge >= 0.3 is 0 Å². The van der Waals surface area contributed by atoms with Crippen LogP contribution in [-0.2, 0) is 25.7 Å². The lowest BCUT2D eigenvalue weighted by atomic mass is 9.62. The zero-order chi connectivity index (χ0) is 32.0. The van der Waals surface area contributed by atoms with Gasteiger partial charge in [-0.05, 0) is 56.7 Å². The molecule has 2 bridgehead atoms. The van der Waals surface area contributed by atoms with E-state index in [1.54, 1.807) is 28.9 Å². The van der Waals surface area contributed by atoms with E-state index >= 15 is 0 Å². The molecule has 0 aromatic heterocycles. The largest absolute Gasteiger partial charge is 0.394 e. The van der Waals surface area contributed by atoms with Crippen LogP contribution in [0, 0.1) is 31.6 Å². The molecule has 3 unspecified atom stereocenters. The molecular formula is C36H45N3O5. The molecule has 3 saturated heterocycles. The number of likely N-dealkylation sites (tertiary alicyclic amines) is 1. The van der Waals surface area contributed by atoms with Gasteiger partial charge in [-0.1, -0.05) is 67.6 Å². The number of aliphatic hydroxyl groups is 1. The van der Waals surface area contributed by atoms with Crippen molar-refractivity contribution in [2.24, 2.45) is 17.8 Å². The third-order valence-corrected chi connectivity index (χ3v) is 10.2. The fourth-order valence-electron chi connectivity index (χ4n) is 8.08. The number of aliphatic hydroxyl groups excluding tert-OH is 1. The summed E-state index contributed by atoms with van der Waals surface area (Å²) >= 11 is 0. The maximum Gasteiger partial charge on any atom is 0.253 e. The van der Waals surface area contributed by atoms with E-state index in [1.807, 2.05) is 76.2 Å². The lowest BCUT2D eigenvalue weighted by molar-refractivity contribution is -0.153. The van der Waals surface area contributed by atoms with E-state index in [4.69, 9.17) is 4.74 Å². The van der Waals surface area contributed by atoms with Crippen LogP contribution >= 0.6 is 0 Å². The number of hydrogen-bond acceptors (Lipinski definition) is 5. The van der Waals surface area contributed by atoms with E-state index in [1.165, 1.54) is 4.90 Å². The highest BCUT2D eigenvalue weighted by Crippen LogP contribution is 2.66. The number of fused-ring (bicyclic) bond motifs is 1. The number of nitrogens with zero attached hydrogens (tertiary/aromatic N) is 3. The Morgan fingerprint density at radius 1 is 1.07 bits per heavy atom. The molecule has 0 aliphatic carbocycles. The van der Waals surface area contributed by atoms with Crippen LogP contribution in [0.15, 0.2) is 73.8 Å².